The van der Waals surface area contributed by atoms with Crippen LogP contribution in [0.25, 0.3) is 0 Å². The molecular formula is C24H26N2O4. The zero-order valence-corrected chi connectivity index (χ0v) is 17.3. The van der Waals surface area contributed by atoms with Gasteiger partial charge in [-0.15, -0.1) is 0 Å². The first-order chi connectivity index (χ1) is 14.4. The normalized spacial score (nSPS) is 13.7. The molecule has 1 unspecified atom stereocenters. The molecule has 0 aromatic heterocycles. The number of carbonyl (C=O) groups excluding carboxylic acids is 4. The van der Waals surface area contributed by atoms with Crippen molar-refractivity contribution in [3.63, 3.8) is 0 Å². The lowest BCUT2D eigenvalue weighted by Gasteiger charge is -2.25. The predicted molar refractivity (Wildman–Crippen MR) is 114 cm³/mol. The van der Waals surface area contributed by atoms with Crippen LogP contribution in [-0.2, 0) is 27.3 Å². The van der Waals surface area contributed by atoms with Gasteiger partial charge in [-0.2, -0.15) is 0 Å². The number of Topliss-reactive ketones (excluding diaryl/α,β-unsaturated/α-hetero) is 2. The Balaban J connectivity index is 1.69. The molecule has 30 heavy (non-hydrogen) atoms. The molecule has 0 fully saturated rings. The van der Waals surface area contributed by atoms with E-state index in [1.54, 1.807) is 24.0 Å². The molecular weight excluding hydrogens is 380 g/mol. The maximum Gasteiger partial charge on any atom is 0.255 e. The zero-order valence-electron chi connectivity index (χ0n) is 17.3. The second-order valence-electron chi connectivity index (χ2n) is 7.57. The van der Waals surface area contributed by atoms with E-state index in [9.17, 15) is 19.2 Å². The molecule has 1 aliphatic rings. The quantitative estimate of drug-likeness (QED) is 0.690. The number of amides is 2. The van der Waals surface area contributed by atoms with Crippen molar-refractivity contribution in [3.05, 3.63) is 65.2 Å². The highest BCUT2D eigenvalue weighted by atomic mass is 16.2. The lowest BCUT2D eigenvalue weighted by molar-refractivity contribution is -0.122. The van der Waals surface area contributed by atoms with Gasteiger partial charge in [0.2, 0.25) is 5.91 Å². The fourth-order valence-electron chi connectivity index (χ4n) is 3.72. The molecule has 2 aromatic carbocycles. The minimum absolute atomic E-state index is 0.0807. The van der Waals surface area contributed by atoms with Crippen molar-refractivity contribution in [2.45, 2.75) is 52.1 Å². The molecule has 3 rings (SSSR count). The van der Waals surface area contributed by atoms with Crippen LogP contribution >= 0.6 is 0 Å². The largest absolute Gasteiger partial charge is 0.326 e. The van der Waals surface area contributed by atoms with E-state index in [2.05, 4.69) is 5.32 Å². The minimum Gasteiger partial charge on any atom is -0.326 e. The zero-order chi connectivity index (χ0) is 21.7. The summed E-state index contributed by atoms with van der Waals surface area (Å²) in [6.07, 6.45) is 1.24. The lowest BCUT2D eigenvalue weighted by Crippen LogP contribution is -2.40. The number of fused-ring (bicyclic) bond motifs is 1. The van der Waals surface area contributed by atoms with Gasteiger partial charge >= 0.3 is 0 Å². The number of nitrogens with zero attached hydrogens (tertiary/aromatic N) is 1. The fourth-order valence-corrected chi connectivity index (χ4v) is 3.72. The average Bonchev–Trinajstić information content (AvgIpc) is 3.04. The molecule has 0 radical (unpaired) electrons. The molecule has 2 aromatic rings. The minimum atomic E-state index is -0.606. The standard InChI is InChI=1S/C24H26N2O4/c1-3-20(28)10-12-22(16(2)27)26-15-18-13-17(9-11-21(18)24(26)30)14-23(29)25-19-7-5-4-6-8-19/h4-9,11,13,22H,3,10,12,14-15H2,1-2H3,(H,25,29). The van der Waals surface area contributed by atoms with Crippen LogP contribution in [0.15, 0.2) is 48.5 Å². The molecule has 0 spiro atoms. The van der Waals surface area contributed by atoms with Crippen molar-refractivity contribution in [2.75, 3.05) is 5.32 Å². The van der Waals surface area contributed by atoms with Crippen LogP contribution in [0.3, 0.4) is 0 Å². The number of hydrogen-bond acceptors (Lipinski definition) is 4. The summed E-state index contributed by atoms with van der Waals surface area (Å²) in [5, 5.41) is 2.85. The van der Waals surface area contributed by atoms with Gasteiger partial charge in [-0.3, -0.25) is 19.2 Å². The van der Waals surface area contributed by atoms with Gasteiger partial charge < -0.3 is 10.2 Å². The molecule has 1 aliphatic heterocycles. The highest BCUT2D eigenvalue weighted by Crippen LogP contribution is 2.28. The molecule has 6 heteroatoms. The van der Waals surface area contributed by atoms with Gasteiger partial charge in [-0.25, -0.2) is 0 Å². The third-order valence-electron chi connectivity index (χ3n) is 5.36. The Kier molecular flexibility index (Phi) is 6.77. The Morgan fingerprint density at radius 1 is 1.10 bits per heavy atom. The number of anilines is 1. The molecule has 2 amide bonds. The monoisotopic (exact) mass is 406 g/mol. The molecule has 156 valence electrons. The van der Waals surface area contributed by atoms with E-state index in [0.717, 1.165) is 16.8 Å². The third kappa shape index (κ3) is 5.00. The van der Waals surface area contributed by atoms with Crippen molar-refractivity contribution in [2.24, 2.45) is 0 Å². The van der Waals surface area contributed by atoms with Crippen LogP contribution in [0.5, 0.6) is 0 Å². The Labute approximate surface area is 176 Å². The van der Waals surface area contributed by atoms with E-state index in [1.165, 1.54) is 6.92 Å². The van der Waals surface area contributed by atoms with Crippen molar-refractivity contribution in [3.8, 4) is 0 Å². The number of carbonyl (C=O) groups is 4. The summed E-state index contributed by atoms with van der Waals surface area (Å²) >= 11 is 0. The van der Waals surface area contributed by atoms with E-state index >= 15 is 0 Å². The molecule has 0 saturated carbocycles. The SMILES string of the molecule is CCC(=O)CCC(C(C)=O)N1Cc2cc(CC(=O)Nc3ccccc3)ccc2C1=O. The summed E-state index contributed by atoms with van der Waals surface area (Å²) < 4.78 is 0. The van der Waals surface area contributed by atoms with E-state index in [-0.39, 0.29) is 36.2 Å². The molecule has 0 bridgehead atoms. The second-order valence-corrected chi connectivity index (χ2v) is 7.57. The maximum absolute atomic E-state index is 12.8. The van der Waals surface area contributed by atoms with Crippen LogP contribution in [0.4, 0.5) is 5.69 Å². The van der Waals surface area contributed by atoms with Crippen molar-refractivity contribution in [1.29, 1.82) is 0 Å². The van der Waals surface area contributed by atoms with Crippen molar-refractivity contribution >= 4 is 29.1 Å². The summed E-state index contributed by atoms with van der Waals surface area (Å²) in [6.45, 7) is 3.56. The smallest absolute Gasteiger partial charge is 0.255 e. The van der Waals surface area contributed by atoms with Crippen molar-refractivity contribution in [1.82, 2.24) is 4.90 Å². The third-order valence-corrected chi connectivity index (χ3v) is 5.36. The highest BCUT2D eigenvalue weighted by Gasteiger charge is 2.35. The van der Waals surface area contributed by atoms with Crippen LogP contribution in [0.1, 0.15) is 54.6 Å². The summed E-state index contributed by atoms with van der Waals surface area (Å²) in [5.74, 6) is -0.379. The van der Waals surface area contributed by atoms with E-state index < -0.39 is 6.04 Å². The Morgan fingerprint density at radius 2 is 1.83 bits per heavy atom. The lowest BCUT2D eigenvalue weighted by atomic mass is 10.0. The summed E-state index contributed by atoms with van der Waals surface area (Å²) in [4.78, 5) is 50.5. The highest BCUT2D eigenvalue weighted by molar-refractivity contribution is 6.01. The van der Waals surface area contributed by atoms with E-state index in [4.69, 9.17) is 0 Å². The van der Waals surface area contributed by atoms with Crippen molar-refractivity contribution < 1.29 is 19.2 Å². The number of hydrogen-bond donors (Lipinski definition) is 1. The first-order valence-electron chi connectivity index (χ1n) is 10.2. The Hall–Kier alpha value is -3.28. The van der Waals surface area contributed by atoms with Crippen LogP contribution in [0.2, 0.25) is 0 Å². The van der Waals surface area contributed by atoms with Gasteiger partial charge in [0.25, 0.3) is 5.91 Å². The molecule has 0 aliphatic carbocycles. The van der Waals surface area contributed by atoms with Gasteiger partial charge in [-0.1, -0.05) is 37.3 Å². The van der Waals surface area contributed by atoms with E-state index in [1.807, 2.05) is 36.4 Å². The fraction of sp³-hybridized carbons (Fsp3) is 0.333. The number of ketones is 2. The number of para-hydroxylation sites is 1. The predicted octanol–water partition coefficient (Wildman–Crippen LogP) is 3.54. The summed E-state index contributed by atoms with van der Waals surface area (Å²) in [6, 6.07) is 14.0. The van der Waals surface area contributed by atoms with Gasteiger partial charge in [0.15, 0.2) is 5.78 Å². The molecule has 1 N–H and O–H groups in total. The Bertz CT molecular complexity index is 968. The van der Waals surface area contributed by atoms with E-state index in [0.29, 0.717) is 24.9 Å². The van der Waals surface area contributed by atoms with Crippen LogP contribution in [0, 0.1) is 0 Å². The first-order valence-corrected chi connectivity index (χ1v) is 10.2. The van der Waals surface area contributed by atoms with Gasteiger partial charge in [-0.05, 0) is 42.7 Å². The Morgan fingerprint density at radius 3 is 2.50 bits per heavy atom. The summed E-state index contributed by atoms with van der Waals surface area (Å²) in [7, 11) is 0. The van der Waals surface area contributed by atoms with Gasteiger partial charge in [0, 0.05) is 30.6 Å². The van der Waals surface area contributed by atoms with Crippen LogP contribution < -0.4 is 5.32 Å². The average molecular weight is 406 g/mol. The topological polar surface area (TPSA) is 83.6 Å². The molecule has 1 heterocycles. The summed E-state index contributed by atoms with van der Waals surface area (Å²) in [5.41, 5.74) is 2.89. The van der Waals surface area contributed by atoms with Gasteiger partial charge in [0.1, 0.15) is 5.78 Å². The van der Waals surface area contributed by atoms with Crippen LogP contribution in [-0.4, -0.2) is 34.3 Å². The maximum atomic E-state index is 12.8. The second kappa shape index (κ2) is 9.48. The molecule has 6 nitrogen and oxygen atoms in total. The number of rotatable bonds is 9. The number of benzene rings is 2. The first kappa shape index (κ1) is 21.4. The van der Waals surface area contributed by atoms with Gasteiger partial charge in [0.05, 0.1) is 12.5 Å². The number of nitrogens with one attached hydrogen (secondary N) is 1. The molecule has 1 atom stereocenters. The molecule has 0 saturated heterocycles.